The molecule has 0 aliphatic heterocycles. The Morgan fingerprint density at radius 2 is 1.95 bits per heavy atom. The Balaban J connectivity index is 2.05. The van der Waals surface area contributed by atoms with Gasteiger partial charge in [-0.1, -0.05) is 30.3 Å². The molecule has 0 bridgehead atoms. The van der Waals surface area contributed by atoms with E-state index in [-0.39, 0.29) is 19.0 Å². The highest BCUT2D eigenvalue weighted by Crippen LogP contribution is 2.27. The zero-order chi connectivity index (χ0) is 15.5. The van der Waals surface area contributed by atoms with Crippen LogP contribution in [0.1, 0.15) is 5.56 Å². The first-order valence-corrected chi connectivity index (χ1v) is 6.89. The number of carbonyl (C=O) groups is 1. The van der Waals surface area contributed by atoms with Gasteiger partial charge in [-0.3, -0.25) is 10.5 Å². The fraction of sp³-hybridized carbons (Fsp3) is 0.118. The average Bonchev–Trinajstić information content (AvgIpc) is 2.92. The van der Waals surface area contributed by atoms with Crippen molar-refractivity contribution in [3.63, 3.8) is 0 Å². The van der Waals surface area contributed by atoms with Gasteiger partial charge in [0.1, 0.15) is 12.5 Å². The molecule has 3 rings (SSSR count). The molecule has 2 aromatic carbocycles. The summed E-state index contributed by atoms with van der Waals surface area (Å²) in [7, 11) is 0. The molecule has 0 amide bonds. The molecule has 22 heavy (non-hydrogen) atoms. The normalized spacial score (nSPS) is 10.8. The zero-order valence-corrected chi connectivity index (χ0v) is 11.8. The molecule has 4 nitrogen and oxygen atoms in total. The van der Waals surface area contributed by atoms with E-state index in [4.69, 9.17) is 10.5 Å². The van der Waals surface area contributed by atoms with Gasteiger partial charge >= 0.3 is 5.97 Å². The number of hydrogen-bond donors (Lipinski definition) is 2. The largest absolute Gasteiger partial charge is 0.450 e. The van der Waals surface area contributed by atoms with Gasteiger partial charge in [-0.25, -0.2) is 4.39 Å². The molecule has 0 saturated carbocycles. The number of rotatable bonds is 4. The Morgan fingerprint density at radius 3 is 2.68 bits per heavy atom. The zero-order valence-electron chi connectivity index (χ0n) is 11.8. The molecule has 0 radical (unpaired) electrons. The van der Waals surface area contributed by atoms with Gasteiger partial charge in [0.15, 0.2) is 0 Å². The third kappa shape index (κ3) is 2.84. The van der Waals surface area contributed by atoms with Crippen molar-refractivity contribution in [2.45, 2.75) is 6.42 Å². The third-order valence-electron chi connectivity index (χ3n) is 3.44. The number of esters is 1. The monoisotopic (exact) mass is 298 g/mol. The SMILES string of the molecule is NCOC(=O)Cc1cc(F)cc2cc(-c3ccccc3)[nH]c12. The lowest BCUT2D eigenvalue weighted by Crippen LogP contribution is -2.14. The fourth-order valence-corrected chi connectivity index (χ4v) is 2.49. The molecule has 0 saturated heterocycles. The van der Waals surface area contributed by atoms with Crippen LogP contribution in [0.2, 0.25) is 0 Å². The highest BCUT2D eigenvalue weighted by atomic mass is 19.1. The minimum absolute atomic E-state index is 0.0276. The van der Waals surface area contributed by atoms with E-state index in [1.807, 2.05) is 36.4 Å². The van der Waals surface area contributed by atoms with Crippen molar-refractivity contribution in [2.75, 3.05) is 6.73 Å². The predicted octanol–water partition coefficient (Wildman–Crippen LogP) is 2.98. The molecule has 3 aromatic rings. The summed E-state index contributed by atoms with van der Waals surface area (Å²) in [4.78, 5) is 14.9. The lowest BCUT2D eigenvalue weighted by atomic mass is 10.1. The van der Waals surface area contributed by atoms with Crippen LogP contribution in [0, 0.1) is 5.82 Å². The highest BCUT2D eigenvalue weighted by molar-refractivity contribution is 5.90. The van der Waals surface area contributed by atoms with Gasteiger partial charge in [0.05, 0.1) is 6.42 Å². The number of halogens is 1. The standard InChI is InChI=1S/C17H15FN2O2/c18-14-6-12-8-15(11-4-2-1-3-5-11)20-17(12)13(7-14)9-16(21)22-10-19/h1-8,20H,9-10,19H2. The van der Waals surface area contributed by atoms with Crippen LogP contribution in [0.3, 0.4) is 0 Å². The van der Waals surface area contributed by atoms with Crippen molar-refractivity contribution < 1.29 is 13.9 Å². The first-order chi connectivity index (χ1) is 10.7. The van der Waals surface area contributed by atoms with Gasteiger partial charge in [-0.15, -0.1) is 0 Å². The Morgan fingerprint density at radius 1 is 1.18 bits per heavy atom. The van der Waals surface area contributed by atoms with Crippen molar-refractivity contribution in [1.82, 2.24) is 4.98 Å². The summed E-state index contributed by atoms with van der Waals surface area (Å²) < 4.78 is 18.5. The van der Waals surface area contributed by atoms with Crippen molar-refractivity contribution in [3.8, 4) is 11.3 Å². The lowest BCUT2D eigenvalue weighted by Gasteiger charge is -2.04. The second-order valence-electron chi connectivity index (χ2n) is 4.94. The Kier molecular flexibility index (Phi) is 3.89. The Hall–Kier alpha value is -2.66. The van der Waals surface area contributed by atoms with E-state index < -0.39 is 5.97 Å². The molecule has 5 heteroatoms. The number of aromatic amines is 1. The molecule has 1 aromatic heterocycles. The van der Waals surface area contributed by atoms with Gasteiger partial charge in [0.25, 0.3) is 0 Å². The maximum atomic E-state index is 13.8. The van der Waals surface area contributed by atoms with E-state index in [0.717, 1.165) is 22.2 Å². The summed E-state index contributed by atoms with van der Waals surface area (Å²) in [6.45, 7) is -0.183. The summed E-state index contributed by atoms with van der Waals surface area (Å²) in [6.07, 6.45) is -0.0276. The maximum Gasteiger partial charge on any atom is 0.311 e. The quantitative estimate of drug-likeness (QED) is 0.575. The maximum absolute atomic E-state index is 13.8. The molecule has 0 atom stereocenters. The minimum atomic E-state index is -0.481. The smallest absolute Gasteiger partial charge is 0.311 e. The van der Waals surface area contributed by atoms with Gasteiger partial charge in [-0.05, 0) is 29.3 Å². The lowest BCUT2D eigenvalue weighted by molar-refractivity contribution is -0.142. The first kappa shape index (κ1) is 14.3. The minimum Gasteiger partial charge on any atom is -0.450 e. The van der Waals surface area contributed by atoms with Gasteiger partial charge < -0.3 is 9.72 Å². The van der Waals surface area contributed by atoms with Crippen LogP contribution >= 0.6 is 0 Å². The van der Waals surface area contributed by atoms with Crippen LogP contribution in [0.25, 0.3) is 22.2 Å². The predicted molar refractivity (Wildman–Crippen MR) is 82.5 cm³/mol. The summed E-state index contributed by atoms with van der Waals surface area (Å²) in [5.41, 5.74) is 8.33. The topological polar surface area (TPSA) is 68.1 Å². The van der Waals surface area contributed by atoms with Crippen LogP contribution in [-0.2, 0) is 16.0 Å². The van der Waals surface area contributed by atoms with Crippen LogP contribution < -0.4 is 5.73 Å². The molecule has 112 valence electrons. The molecule has 1 heterocycles. The molecule has 0 spiro atoms. The van der Waals surface area contributed by atoms with Crippen LogP contribution in [0.5, 0.6) is 0 Å². The number of benzene rings is 2. The summed E-state index contributed by atoms with van der Waals surface area (Å²) in [5.74, 6) is -0.869. The third-order valence-corrected chi connectivity index (χ3v) is 3.44. The van der Waals surface area contributed by atoms with E-state index in [1.165, 1.54) is 12.1 Å². The van der Waals surface area contributed by atoms with Crippen LogP contribution in [-0.4, -0.2) is 17.7 Å². The van der Waals surface area contributed by atoms with Gasteiger partial charge in [0.2, 0.25) is 0 Å². The number of aromatic nitrogens is 1. The number of carbonyl (C=O) groups excluding carboxylic acids is 1. The van der Waals surface area contributed by atoms with E-state index in [0.29, 0.717) is 5.56 Å². The fourth-order valence-electron chi connectivity index (χ4n) is 2.49. The molecule has 3 N–H and O–H groups in total. The summed E-state index contributed by atoms with van der Waals surface area (Å²) >= 11 is 0. The summed E-state index contributed by atoms with van der Waals surface area (Å²) in [5, 5.41) is 0.717. The van der Waals surface area contributed by atoms with Crippen molar-refractivity contribution >= 4 is 16.9 Å². The molecular formula is C17H15FN2O2. The molecular weight excluding hydrogens is 283 g/mol. The molecule has 0 unspecified atom stereocenters. The van der Waals surface area contributed by atoms with E-state index in [2.05, 4.69) is 4.98 Å². The second-order valence-corrected chi connectivity index (χ2v) is 4.94. The average molecular weight is 298 g/mol. The van der Waals surface area contributed by atoms with Crippen molar-refractivity contribution in [1.29, 1.82) is 0 Å². The molecule has 0 aliphatic rings. The number of nitrogens with two attached hydrogens (primary N) is 1. The van der Waals surface area contributed by atoms with Gasteiger partial charge in [0, 0.05) is 16.6 Å². The summed E-state index contributed by atoms with van der Waals surface area (Å²) in [6, 6.07) is 14.4. The molecule has 0 fully saturated rings. The Bertz CT molecular complexity index is 812. The van der Waals surface area contributed by atoms with Crippen molar-refractivity contribution in [2.24, 2.45) is 5.73 Å². The van der Waals surface area contributed by atoms with E-state index in [9.17, 15) is 9.18 Å². The Labute approximate surface area is 126 Å². The first-order valence-electron chi connectivity index (χ1n) is 6.89. The van der Waals surface area contributed by atoms with E-state index in [1.54, 1.807) is 0 Å². The number of nitrogens with one attached hydrogen (secondary N) is 1. The number of fused-ring (bicyclic) bond motifs is 1. The second kappa shape index (κ2) is 5.99. The van der Waals surface area contributed by atoms with Crippen LogP contribution in [0.15, 0.2) is 48.5 Å². The number of ether oxygens (including phenoxy) is 1. The number of H-pyrrole nitrogens is 1. The molecule has 0 aliphatic carbocycles. The number of hydrogen-bond acceptors (Lipinski definition) is 3. The highest BCUT2D eigenvalue weighted by Gasteiger charge is 2.13. The van der Waals surface area contributed by atoms with E-state index >= 15 is 0 Å². The van der Waals surface area contributed by atoms with Crippen molar-refractivity contribution in [3.05, 3.63) is 59.9 Å². The van der Waals surface area contributed by atoms with Crippen LogP contribution in [0.4, 0.5) is 4.39 Å². The van der Waals surface area contributed by atoms with Gasteiger partial charge in [-0.2, -0.15) is 0 Å².